The molecule has 2 rings (SSSR count). The van der Waals surface area contributed by atoms with E-state index in [0.717, 1.165) is 18.7 Å². The van der Waals surface area contributed by atoms with Crippen molar-refractivity contribution in [1.82, 2.24) is 5.32 Å². The predicted octanol–water partition coefficient (Wildman–Crippen LogP) is 2.19. The normalized spacial score (nSPS) is 12.4. The van der Waals surface area contributed by atoms with E-state index in [1.165, 1.54) is 11.1 Å². The monoisotopic (exact) mass is 174 g/mol. The Hall–Kier alpha value is -1.33. The molecular weight excluding hydrogens is 160 g/mol. The number of hydrogen-bond acceptors (Lipinski definition) is 2. The molecule has 1 aromatic rings. The number of hydrogen-bond donors (Lipinski definition) is 1. The molecule has 0 unspecified atom stereocenters. The second-order valence-corrected chi connectivity index (χ2v) is 2.70. The Labute approximate surface area is 79.2 Å². The zero-order chi connectivity index (χ0) is 9.68. The Bertz CT molecular complexity index is 323. The molecule has 0 fully saturated rings. The highest BCUT2D eigenvalue weighted by Crippen LogP contribution is 2.16. The van der Waals surface area contributed by atoms with Crippen LogP contribution in [0, 0.1) is 11.3 Å². The first-order valence-corrected chi connectivity index (χ1v) is 4.63. The molecule has 13 heavy (non-hydrogen) atoms. The Balaban J connectivity index is 0.000000396. The maximum absolute atomic E-state index is 8.60. The van der Waals surface area contributed by atoms with Crippen molar-refractivity contribution in [3.63, 3.8) is 0 Å². The molecule has 68 valence electrons. The molecule has 0 aliphatic carbocycles. The Morgan fingerprint density at radius 3 is 2.62 bits per heavy atom. The van der Waals surface area contributed by atoms with E-state index in [1.54, 1.807) is 0 Å². The third-order valence-electron chi connectivity index (χ3n) is 1.97. The average molecular weight is 174 g/mol. The van der Waals surface area contributed by atoms with Gasteiger partial charge in [-0.3, -0.25) is 0 Å². The van der Waals surface area contributed by atoms with Crippen LogP contribution in [0.1, 0.15) is 30.5 Å². The van der Waals surface area contributed by atoms with E-state index >= 15 is 0 Å². The van der Waals surface area contributed by atoms with Gasteiger partial charge in [0.25, 0.3) is 0 Å². The predicted molar refractivity (Wildman–Crippen MR) is 53.0 cm³/mol. The minimum absolute atomic E-state index is 0.757. The van der Waals surface area contributed by atoms with E-state index < -0.39 is 0 Å². The highest BCUT2D eigenvalue weighted by molar-refractivity contribution is 5.39. The zero-order valence-electron chi connectivity index (χ0n) is 8.09. The zero-order valence-corrected chi connectivity index (χ0v) is 8.09. The van der Waals surface area contributed by atoms with Crippen LogP contribution in [-0.2, 0) is 13.1 Å². The third kappa shape index (κ3) is 2.07. The van der Waals surface area contributed by atoms with Gasteiger partial charge in [0, 0.05) is 13.1 Å². The number of benzene rings is 1. The molecule has 1 N–H and O–H groups in total. The second kappa shape index (κ2) is 4.64. The number of rotatable bonds is 0. The smallest absolute Gasteiger partial charge is 0.0991 e. The molecule has 0 atom stereocenters. The summed E-state index contributed by atoms with van der Waals surface area (Å²) in [5.74, 6) is 0. The van der Waals surface area contributed by atoms with Gasteiger partial charge in [-0.2, -0.15) is 5.26 Å². The van der Waals surface area contributed by atoms with Gasteiger partial charge in [-0.1, -0.05) is 19.9 Å². The molecule has 2 heteroatoms. The summed E-state index contributed by atoms with van der Waals surface area (Å²) in [6.07, 6.45) is 0. The van der Waals surface area contributed by atoms with Crippen LogP contribution >= 0.6 is 0 Å². The van der Waals surface area contributed by atoms with Crippen LogP contribution in [0.5, 0.6) is 0 Å². The highest BCUT2D eigenvalue weighted by atomic mass is 14.9. The Morgan fingerprint density at radius 1 is 1.23 bits per heavy atom. The van der Waals surface area contributed by atoms with Crippen LogP contribution in [0.4, 0.5) is 0 Å². The Morgan fingerprint density at radius 2 is 1.92 bits per heavy atom. The molecule has 0 amide bonds. The summed E-state index contributed by atoms with van der Waals surface area (Å²) >= 11 is 0. The quantitative estimate of drug-likeness (QED) is 0.654. The molecule has 0 saturated heterocycles. The van der Waals surface area contributed by atoms with Gasteiger partial charge in [0.2, 0.25) is 0 Å². The molecule has 2 nitrogen and oxygen atoms in total. The van der Waals surface area contributed by atoms with E-state index in [9.17, 15) is 0 Å². The van der Waals surface area contributed by atoms with Crippen LogP contribution < -0.4 is 5.32 Å². The van der Waals surface area contributed by atoms with Gasteiger partial charge in [0.15, 0.2) is 0 Å². The van der Waals surface area contributed by atoms with Crippen LogP contribution in [0.2, 0.25) is 0 Å². The molecule has 0 radical (unpaired) electrons. The fourth-order valence-electron chi connectivity index (χ4n) is 1.36. The van der Waals surface area contributed by atoms with Crippen LogP contribution in [-0.4, -0.2) is 0 Å². The van der Waals surface area contributed by atoms with Crippen molar-refractivity contribution in [1.29, 1.82) is 5.26 Å². The van der Waals surface area contributed by atoms with Gasteiger partial charge < -0.3 is 5.32 Å². The standard InChI is InChI=1S/C9H8N2.C2H6/c10-4-7-1-2-8-5-11-6-9(8)3-7;1-2/h1-3,11H,5-6H2;1-2H3. The van der Waals surface area contributed by atoms with Crippen molar-refractivity contribution in [2.75, 3.05) is 0 Å². The molecule has 1 aliphatic heterocycles. The molecule has 1 heterocycles. The number of nitrogens with zero attached hydrogens (tertiary/aromatic N) is 1. The second-order valence-electron chi connectivity index (χ2n) is 2.70. The lowest BCUT2D eigenvalue weighted by Crippen LogP contribution is -1.99. The highest BCUT2D eigenvalue weighted by Gasteiger charge is 2.08. The molecule has 0 bridgehead atoms. The first-order valence-electron chi connectivity index (χ1n) is 4.63. The molecule has 1 aliphatic rings. The van der Waals surface area contributed by atoms with Gasteiger partial charge in [-0.15, -0.1) is 0 Å². The van der Waals surface area contributed by atoms with Crippen molar-refractivity contribution in [2.45, 2.75) is 26.9 Å². The van der Waals surface area contributed by atoms with Gasteiger partial charge in [0.1, 0.15) is 0 Å². The van der Waals surface area contributed by atoms with Gasteiger partial charge in [0.05, 0.1) is 11.6 Å². The summed E-state index contributed by atoms with van der Waals surface area (Å²) in [7, 11) is 0. The number of nitriles is 1. The third-order valence-corrected chi connectivity index (χ3v) is 1.97. The minimum Gasteiger partial charge on any atom is -0.309 e. The fraction of sp³-hybridized carbons (Fsp3) is 0.364. The molecule has 0 saturated carbocycles. The SMILES string of the molecule is CC.N#Cc1ccc2c(c1)CNC2. The lowest BCUT2D eigenvalue weighted by Gasteiger charge is -1.95. The van der Waals surface area contributed by atoms with Gasteiger partial charge in [-0.05, 0) is 23.3 Å². The van der Waals surface area contributed by atoms with E-state index in [1.807, 2.05) is 32.0 Å². The maximum Gasteiger partial charge on any atom is 0.0991 e. The largest absolute Gasteiger partial charge is 0.309 e. The van der Waals surface area contributed by atoms with Gasteiger partial charge in [-0.25, -0.2) is 0 Å². The van der Waals surface area contributed by atoms with Gasteiger partial charge >= 0.3 is 0 Å². The van der Waals surface area contributed by atoms with Crippen molar-refractivity contribution in [3.05, 3.63) is 34.9 Å². The maximum atomic E-state index is 8.60. The Kier molecular flexibility index (Phi) is 3.48. The van der Waals surface area contributed by atoms with Crippen LogP contribution in [0.3, 0.4) is 0 Å². The topological polar surface area (TPSA) is 35.8 Å². The lowest BCUT2D eigenvalue weighted by molar-refractivity contribution is 0.765. The summed E-state index contributed by atoms with van der Waals surface area (Å²) in [5.41, 5.74) is 3.35. The molecule has 0 spiro atoms. The van der Waals surface area contributed by atoms with Crippen molar-refractivity contribution in [3.8, 4) is 6.07 Å². The van der Waals surface area contributed by atoms with E-state index in [2.05, 4.69) is 11.4 Å². The van der Waals surface area contributed by atoms with Crippen LogP contribution in [0.25, 0.3) is 0 Å². The molecule has 1 aromatic carbocycles. The van der Waals surface area contributed by atoms with E-state index in [0.29, 0.717) is 0 Å². The molecule has 0 aromatic heterocycles. The first-order chi connectivity index (χ1) is 6.40. The number of fused-ring (bicyclic) bond motifs is 1. The summed E-state index contributed by atoms with van der Waals surface area (Å²) in [6.45, 7) is 5.85. The van der Waals surface area contributed by atoms with Crippen molar-refractivity contribution < 1.29 is 0 Å². The first kappa shape index (κ1) is 9.76. The molecular formula is C11H14N2. The summed E-state index contributed by atoms with van der Waals surface area (Å²) in [6, 6.07) is 7.97. The van der Waals surface area contributed by atoms with E-state index in [4.69, 9.17) is 5.26 Å². The average Bonchev–Trinajstić information content (AvgIpc) is 2.67. The lowest BCUT2D eigenvalue weighted by atomic mass is 10.1. The number of nitrogens with one attached hydrogen (secondary N) is 1. The summed E-state index contributed by atoms with van der Waals surface area (Å²) in [5, 5.41) is 11.8. The minimum atomic E-state index is 0.757. The van der Waals surface area contributed by atoms with Crippen molar-refractivity contribution >= 4 is 0 Å². The fourth-order valence-corrected chi connectivity index (χ4v) is 1.36. The summed E-state index contributed by atoms with van der Waals surface area (Å²) < 4.78 is 0. The van der Waals surface area contributed by atoms with Crippen molar-refractivity contribution in [2.24, 2.45) is 0 Å². The van der Waals surface area contributed by atoms with Crippen LogP contribution in [0.15, 0.2) is 18.2 Å². The van der Waals surface area contributed by atoms with E-state index in [-0.39, 0.29) is 0 Å². The summed E-state index contributed by atoms with van der Waals surface area (Å²) in [4.78, 5) is 0.